The summed E-state index contributed by atoms with van der Waals surface area (Å²) in [5, 5.41) is 13.3. The number of hydrogen-bond acceptors (Lipinski definition) is 2. The Hall–Kier alpha value is -1.87. The van der Waals surface area contributed by atoms with Crippen LogP contribution in [0, 0.1) is 5.82 Å². The standard InChI is InChI=1S/C15H16FNO/c1-15(18,12-7-3-2-4-8-12)11-17-14-10-6-5-9-13(14)16/h2-10,17-18H,11H2,1H3. The minimum absolute atomic E-state index is 0.248. The minimum atomic E-state index is -1.04. The van der Waals surface area contributed by atoms with E-state index in [2.05, 4.69) is 5.32 Å². The van der Waals surface area contributed by atoms with Crippen LogP contribution in [-0.4, -0.2) is 11.7 Å². The summed E-state index contributed by atoms with van der Waals surface area (Å²) in [6.07, 6.45) is 0. The number of nitrogens with one attached hydrogen (secondary N) is 1. The van der Waals surface area contributed by atoms with Crippen LogP contribution in [0.15, 0.2) is 54.6 Å². The van der Waals surface area contributed by atoms with Gasteiger partial charge in [0.15, 0.2) is 0 Å². The molecule has 0 saturated heterocycles. The van der Waals surface area contributed by atoms with Gasteiger partial charge in [0, 0.05) is 6.54 Å². The van der Waals surface area contributed by atoms with E-state index in [0.717, 1.165) is 5.56 Å². The van der Waals surface area contributed by atoms with E-state index in [9.17, 15) is 9.50 Å². The summed E-state index contributed by atoms with van der Waals surface area (Å²) in [6, 6.07) is 15.8. The van der Waals surface area contributed by atoms with Crippen molar-refractivity contribution < 1.29 is 9.50 Å². The third-order valence-corrected chi connectivity index (χ3v) is 2.89. The Labute approximate surface area is 106 Å². The molecule has 18 heavy (non-hydrogen) atoms. The summed E-state index contributed by atoms with van der Waals surface area (Å²) in [7, 11) is 0. The third-order valence-electron chi connectivity index (χ3n) is 2.89. The lowest BCUT2D eigenvalue weighted by molar-refractivity contribution is 0.0715. The molecule has 2 nitrogen and oxygen atoms in total. The largest absolute Gasteiger partial charge is 0.384 e. The fourth-order valence-corrected chi connectivity index (χ4v) is 1.77. The van der Waals surface area contributed by atoms with Gasteiger partial charge in [-0.15, -0.1) is 0 Å². The Morgan fingerprint density at radius 2 is 1.67 bits per heavy atom. The minimum Gasteiger partial charge on any atom is -0.384 e. The van der Waals surface area contributed by atoms with Crippen LogP contribution in [-0.2, 0) is 5.60 Å². The number of anilines is 1. The molecule has 1 unspecified atom stereocenters. The third kappa shape index (κ3) is 2.87. The zero-order chi connectivity index (χ0) is 13.0. The molecule has 0 bridgehead atoms. The summed E-state index contributed by atoms with van der Waals surface area (Å²) >= 11 is 0. The van der Waals surface area contributed by atoms with Gasteiger partial charge in [-0.1, -0.05) is 42.5 Å². The molecule has 2 N–H and O–H groups in total. The maximum absolute atomic E-state index is 13.4. The Balaban J connectivity index is 2.08. The van der Waals surface area contributed by atoms with E-state index in [1.54, 1.807) is 25.1 Å². The first-order valence-electron chi connectivity index (χ1n) is 5.86. The van der Waals surface area contributed by atoms with Gasteiger partial charge >= 0.3 is 0 Å². The summed E-state index contributed by atoms with van der Waals surface area (Å²) in [4.78, 5) is 0. The molecule has 0 spiro atoms. The molecule has 0 radical (unpaired) electrons. The molecule has 0 amide bonds. The Morgan fingerprint density at radius 3 is 2.33 bits per heavy atom. The number of rotatable bonds is 4. The Bertz CT molecular complexity index is 511. The van der Waals surface area contributed by atoms with Crippen LogP contribution in [0.5, 0.6) is 0 Å². The molecule has 0 fully saturated rings. The van der Waals surface area contributed by atoms with Crippen LogP contribution in [0.1, 0.15) is 12.5 Å². The summed E-state index contributed by atoms with van der Waals surface area (Å²) in [6.45, 7) is 1.95. The Morgan fingerprint density at radius 1 is 1.06 bits per heavy atom. The van der Waals surface area contributed by atoms with Crippen molar-refractivity contribution in [3.05, 3.63) is 66.0 Å². The van der Waals surface area contributed by atoms with Crippen LogP contribution < -0.4 is 5.32 Å². The van der Waals surface area contributed by atoms with Gasteiger partial charge in [-0.2, -0.15) is 0 Å². The van der Waals surface area contributed by atoms with Gasteiger partial charge in [0.05, 0.1) is 5.69 Å². The van der Waals surface area contributed by atoms with Gasteiger partial charge in [-0.3, -0.25) is 0 Å². The lowest BCUT2D eigenvalue weighted by Gasteiger charge is -2.24. The SMILES string of the molecule is CC(O)(CNc1ccccc1F)c1ccccc1. The fourth-order valence-electron chi connectivity index (χ4n) is 1.77. The first kappa shape index (κ1) is 12.6. The van der Waals surface area contributed by atoms with Crippen molar-refractivity contribution >= 4 is 5.69 Å². The van der Waals surface area contributed by atoms with Crippen molar-refractivity contribution in [2.24, 2.45) is 0 Å². The van der Waals surface area contributed by atoms with E-state index >= 15 is 0 Å². The molecule has 2 rings (SSSR count). The topological polar surface area (TPSA) is 32.3 Å². The second-order valence-electron chi connectivity index (χ2n) is 4.47. The lowest BCUT2D eigenvalue weighted by Crippen LogP contribution is -2.30. The first-order chi connectivity index (χ1) is 8.59. The van der Waals surface area contributed by atoms with Crippen LogP contribution in [0.3, 0.4) is 0 Å². The number of hydrogen-bond donors (Lipinski definition) is 2. The number of para-hydroxylation sites is 1. The highest BCUT2D eigenvalue weighted by Crippen LogP contribution is 2.21. The van der Waals surface area contributed by atoms with Crippen molar-refractivity contribution in [2.45, 2.75) is 12.5 Å². The predicted octanol–water partition coefficient (Wildman–Crippen LogP) is 3.15. The molecule has 94 valence electrons. The average molecular weight is 245 g/mol. The van der Waals surface area contributed by atoms with Crippen LogP contribution in [0.25, 0.3) is 0 Å². The van der Waals surface area contributed by atoms with Crippen molar-refractivity contribution in [3.63, 3.8) is 0 Å². The normalized spacial score (nSPS) is 13.9. The molecule has 0 aliphatic carbocycles. The van der Waals surface area contributed by atoms with E-state index in [1.807, 2.05) is 30.3 Å². The number of aliphatic hydroxyl groups is 1. The van der Waals surface area contributed by atoms with Crippen molar-refractivity contribution in [1.82, 2.24) is 0 Å². The van der Waals surface area contributed by atoms with E-state index in [1.165, 1.54) is 6.07 Å². The highest BCUT2D eigenvalue weighted by Gasteiger charge is 2.22. The van der Waals surface area contributed by atoms with E-state index in [4.69, 9.17) is 0 Å². The summed E-state index contributed by atoms with van der Waals surface area (Å²) in [5.74, 6) is -0.318. The monoisotopic (exact) mass is 245 g/mol. The molecule has 0 aliphatic heterocycles. The van der Waals surface area contributed by atoms with Gasteiger partial charge in [0.25, 0.3) is 0 Å². The molecular formula is C15H16FNO. The van der Waals surface area contributed by atoms with Crippen LogP contribution in [0.2, 0.25) is 0 Å². The van der Waals surface area contributed by atoms with E-state index in [-0.39, 0.29) is 12.4 Å². The molecule has 2 aromatic carbocycles. The molecule has 2 aromatic rings. The van der Waals surface area contributed by atoms with Gasteiger partial charge in [-0.05, 0) is 24.6 Å². The smallest absolute Gasteiger partial charge is 0.146 e. The summed E-state index contributed by atoms with van der Waals surface area (Å²) < 4.78 is 13.4. The lowest BCUT2D eigenvalue weighted by atomic mass is 9.96. The molecule has 1 atom stereocenters. The van der Waals surface area contributed by atoms with Gasteiger partial charge in [-0.25, -0.2) is 4.39 Å². The summed E-state index contributed by atoms with van der Waals surface area (Å²) in [5.41, 5.74) is 0.159. The van der Waals surface area contributed by atoms with Crippen molar-refractivity contribution in [3.8, 4) is 0 Å². The number of halogens is 1. The van der Waals surface area contributed by atoms with Gasteiger partial charge in [0.2, 0.25) is 0 Å². The maximum Gasteiger partial charge on any atom is 0.146 e. The van der Waals surface area contributed by atoms with Gasteiger partial charge in [0.1, 0.15) is 11.4 Å². The molecule has 0 heterocycles. The van der Waals surface area contributed by atoms with Crippen molar-refractivity contribution in [1.29, 1.82) is 0 Å². The molecule has 0 aliphatic rings. The zero-order valence-corrected chi connectivity index (χ0v) is 10.2. The van der Waals surface area contributed by atoms with Gasteiger partial charge < -0.3 is 10.4 Å². The molecule has 0 aromatic heterocycles. The second kappa shape index (κ2) is 5.19. The number of benzene rings is 2. The first-order valence-corrected chi connectivity index (χ1v) is 5.86. The molecule has 3 heteroatoms. The second-order valence-corrected chi connectivity index (χ2v) is 4.47. The zero-order valence-electron chi connectivity index (χ0n) is 10.2. The molecular weight excluding hydrogens is 229 g/mol. The van der Waals surface area contributed by atoms with Crippen LogP contribution >= 0.6 is 0 Å². The maximum atomic E-state index is 13.4. The Kier molecular flexibility index (Phi) is 3.63. The highest BCUT2D eigenvalue weighted by molar-refractivity contribution is 5.45. The quantitative estimate of drug-likeness (QED) is 0.867. The average Bonchev–Trinajstić information content (AvgIpc) is 2.39. The predicted molar refractivity (Wildman–Crippen MR) is 70.9 cm³/mol. The fraction of sp³-hybridized carbons (Fsp3) is 0.200. The van der Waals surface area contributed by atoms with E-state index in [0.29, 0.717) is 5.69 Å². The molecule has 0 saturated carbocycles. The van der Waals surface area contributed by atoms with E-state index < -0.39 is 5.60 Å². The van der Waals surface area contributed by atoms with Crippen molar-refractivity contribution in [2.75, 3.05) is 11.9 Å². The highest BCUT2D eigenvalue weighted by atomic mass is 19.1. The van der Waals surface area contributed by atoms with Crippen LogP contribution in [0.4, 0.5) is 10.1 Å².